The van der Waals surface area contributed by atoms with Gasteiger partial charge in [0.2, 0.25) is 5.95 Å². The lowest BCUT2D eigenvalue weighted by atomic mass is 9.89. The van der Waals surface area contributed by atoms with Crippen LogP contribution >= 0.6 is 0 Å². The summed E-state index contributed by atoms with van der Waals surface area (Å²) in [7, 11) is 0. The summed E-state index contributed by atoms with van der Waals surface area (Å²) in [5.74, 6) is 1.62. The zero-order valence-corrected chi connectivity index (χ0v) is 9.75. The molecule has 1 N–H and O–H groups in total. The van der Waals surface area contributed by atoms with Crippen molar-refractivity contribution in [1.82, 2.24) is 9.97 Å². The fourth-order valence-corrected chi connectivity index (χ4v) is 1.36. The molecule has 1 aliphatic rings. The molecule has 1 fully saturated rings. The van der Waals surface area contributed by atoms with Gasteiger partial charge in [-0.25, -0.2) is 9.97 Å². The molecule has 0 atom stereocenters. The number of anilines is 1. The Bertz CT molecular complexity index is 320. The van der Waals surface area contributed by atoms with E-state index in [9.17, 15) is 0 Å². The molecule has 0 spiro atoms. The molecule has 1 heterocycles. The van der Waals surface area contributed by atoms with Gasteiger partial charge in [0, 0.05) is 18.9 Å². The van der Waals surface area contributed by atoms with Crippen LogP contribution in [0.25, 0.3) is 0 Å². The van der Waals surface area contributed by atoms with Crippen LogP contribution in [-0.2, 0) is 5.41 Å². The third-order valence-electron chi connectivity index (χ3n) is 2.76. The van der Waals surface area contributed by atoms with Crippen molar-refractivity contribution < 1.29 is 0 Å². The zero-order valence-electron chi connectivity index (χ0n) is 9.75. The van der Waals surface area contributed by atoms with Crippen LogP contribution in [0.5, 0.6) is 0 Å². The first-order valence-corrected chi connectivity index (χ1v) is 5.62. The van der Waals surface area contributed by atoms with E-state index in [0.717, 1.165) is 18.4 Å². The highest BCUT2D eigenvalue weighted by atomic mass is 15.1. The van der Waals surface area contributed by atoms with Crippen molar-refractivity contribution >= 4 is 5.95 Å². The predicted molar refractivity (Wildman–Crippen MR) is 61.9 cm³/mol. The Morgan fingerprint density at radius 2 is 1.87 bits per heavy atom. The van der Waals surface area contributed by atoms with Gasteiger partial charge in [0.1, 0.15) is 0 Å². The summed E-state index contributed by atoms with van der Waals surface area (Å²) in [6, 6.07) is 0. The van der Waals surface area contributed by atoms with Gasteiger partial charge in [0.25, 0.3) is 0 Å². The molecule has 2 rings (SSSR count). The maximum Gasteiger partial charge on any atom is 0.222 e. The third kappa shape index (κ3) is 2.91. The summed E-state index contributed by atoms with van der Waals surface area (Å²) >= 11 is 0. The quantitative estimate of drug-likeness (QED) is 0.824. The first-order valence-electron chi connectivity index (χ1n) is 5.62. The minimum Gasteiger partial charge on any atom is -0.354 e. The Balaban J connectivity index is 1.96. The van der Waals surface area contributed by atoms with Crippen molar-refractivity contribution in [3.8, 4) is 0 Å². The molecule has 0 aliphatic heterocycles. The van der Waals surface area contributed by atoms with Gasteiger partial charge in [-0.2, -0.15) is 0 Å². The number of nitrogens with one attached hydrogen (secondary N) is 1. The molecule has 1 aliphatic carbocycles. The van der Waals surface area contributed by atoms with Crippen LogP contribution < -0.4 is 5.32 Å². The lowest BCUT2D eigenvalue weighted by Crippen LogP contribution is -2.13. The molecular weight excluding hydrogens is 186 g/mol. The second-order valence-electron chi connectivity index (χ2n) is 5.37. The normalized spacial score (nSPS) is 16.5. The Kier molecular flexibility index (Phi) is 2.63. The van der Waals surface area contributed by atoms with Crippen molar-refractivity contribution in [3.05, 3.63) is 18.0 Å². The van der Waals surface area contributed by atoms with Gasteiger partial charge < -0.3 is 5.32 Å². The van der Waals surface area contributed by atoms with E-state index in [-0.39, 0.29) is 5.41 Å². The zero-order chi connectivity index (χ0) is 10.9. The number of aromatic nitrogens is 2. The third-order valence-corrected chi connectivity index (χ3v) is 2.76. The SMILES string of the molecule is CC(C)(C)c1cnc(NCC2CC2)nc1. The van der Waals surface area contributed by atoms with E-state index < -0.39 is 0 Å². The van der Waals surface area contributed by atoms with Crippen LogP contribution in [0.1, 0.15) is 39.2 Å². The Hall–Kier alpha value is -1.12. The van der Waals surface area contributed by atoms with Gasteiger partial charge in [-0.1, -0.05) is 20.8 Å². The number of hydrogen-bond donors (Lipinski definition) is 1. The lowest BCUT2D eigenvalue weighted by molar-refractivity contribution is 0.584. The second kappa shape index (κ2) is 3.80. The molecule has 0 bridgehead atoms. The number of hydrogen-bond acceptors (Lipinski definition) is 3. The molecule has 0 unspecified atom stereocenters. The number of nitrogens with zero attached hydrogens (tertiary/aromatic N) is 2. The summed E-state index contributed by atoms with van der Waals surface area (Å²) < 4.78 is 0. The standard InChI is InChI=1S/C12H19N3/c1-12(2,3)10-7-14-11(15-8-10)13-6-9-4-5-9/h7-9H,4-6H2,1-3H3,(H,13,14,15). The minimum atomic E-state index is 0.134. The van der Waals surface area contributed by atoms with Gasteiger partial charge in [-0.3, -0.25) is 0 Å². The van der Waals surface area contributed by atoms with Gasteiger partial charge in [0.05, 0.1) is 0 Å². The monoisotopic (exact) mass is 205 g/mol. The molecule has 0 radical (unpaired) electrons. The average Bonchev–Trinajstić information content (AvgIpc) is 2.97. The molecule has 82 valence electrons. The Morgan fingerprint density at radius 1 is 1.27 bits per heavy atom. The van der Waals surface area contributed by atoms with E-state index in [2.05, 4.69) is 36.1 Å². The van der Waals surface area contributed by atoms with Crippen LogP contribution in [0.4, 0.5) is 5.95 Å². The smallest absolute Gasteiger partial charge is 0.222 e. The van der Waals surface area contributed by atoms with Gasteiger partial charge >= 0.3 is 0 Å². The summed E-state index contributed by atoms with van der Waals surface area (Å²) in [6.07, 6.45) is 6.55. The predicted octanol–water partition coefficient (Wildman–Crippen LogP) is 2.60. The van der Waals surface area contributed by atoms with Crippen LogP contribution in [0, 0.1) is 5.92 Å². The van der Waals surface area contributed by atoms with Crippen molar-refractivity contribution in [1.29, 1.82) is 0 Å². The lowest BCUT2D eigenvalue weighted by Gasteiger charge is -2.17. The molecule has 3 heteroatoms. The maximum absolute atomic E-state index is 4.32. The maximum atomic E-state index is 4.32. The Morgan fingerprint density at radius 3 is 2.33 bits per heavy atom. The first kappa shape index (κ1) is 10.4. The van der Waals surface area contributed by atoms with Crippen LogP contribution in [0.3, 0.4) is 0 Å². The van der Waals surface area contributed by atoms with Crippen LogP contribution in [0.2, 0.25) is 0 Å². The molecule has 0 aromatic carbocycles. The van der Waals surface area contributed by atoms with Crippen molar-refractivity contribution in [3.63, 3.8) is 0 Å². The minimum absolute atomic E-state index is 0.134. The summed E-state index contributed by atoms with van der Waals surface area (Å²) in [5, 5.41) is 3.26. The first-order chi connectivity index (χ1) is 7.05. The van der Waals surface area contributed by atoms with Crippen molar-refractivity contribution in [2.75, 3.05) is 11.9 Å². The van der Waals surface area contributed by atoms with Crippen LogP contribution in [-0.4, -0.2) is 16.5 Å². The topological polar surface area (TPSA) is 37.8 Å². The van der Waals surface area contributed by atoms with Gasteiger partial charge in [-0.05, 0) is 29.7 Å². The van der Waals surface area contributed by atoms with E-state index >= 15 is 0 Å². The van der Waals surface area contributed by atoms with E-state index in [1.165, 1.54) is 18.4 Å². The van der Waals surface area contributed by atoms with Crippen molar-refractivity contribution in [2.24, 2.45) is 5.92 Å². The molecular formula is C12H19N3. The molecule has 0 amide bonds. The summed E-state index contributed by atoms with van der Waals surface area (Å²) in [4.78, 5) is 8.65. The largest absolute Gasteiger partial charge is 0.354 e. The highest BCUT2D eigenvalue weighted by Gasteiger charge is 2.21. The highest BCUT2D eigenvalue weighted by Crippen LogP contribution is 2.28. The molecule has 1 aromatic rings. The molecule has 0 saturated heterocycles. The molecule has 3 nitrogen and oxygen atoms in total. The molecule has 1 saturated carbocycles. The summed E-state index contributed by atoms with van der Waals surface area (Å²) in [6.45, 7) is 7.53. The van der Waals surface area contributed by atoms with E-state index in [4.69, 9.17) is 0 Å². The van der Waals surface area contributed by atoms with Gasteiger partial charge in [0.15, 0.2) is 0 Å². The van der Waals surface area contributed by atoms with E-state index in [0.29, 0.717) is 0 Å². The fraction of sp³-hybridized carbons (Fsp3) is 0.667. The highest BCUT2D eigenvalue weighted by molar-refractivity contribution is 5.27. The fourth-order valence-electron chi connectivity index (χ4n) is 1.36. The summed E-state index contributed by atoms with van der Waals surface area (Å²) in [5.41, 5.74) is 1.31. The van der Waals surface area contributed by atoms with Gasteiger partial charge in [-0.15, -0.1) is 0 Å². The van der Waals surface area contributed by atoms with Crippen LogP contribution in [0.15, 0.2) is 12.4 Å². The molecule has 1 aromatic heterocycles. The number of rotatable bonds is 3. The van der Waals surface area contributed by atoms with Crippen molar-refractivity contribution in [2.45, 2.75) is 39.0 Å². The second-order valence-corrected chi connectivity index (χ2v) is 5.37. The van der Waals surface area contributed by atoms with E-state index in [1.54, 1.807) is 0 Å². The average molecular weight is 205 g/mol. The van der Waals surface area contributed by atoms with E-state index in [1.807, 2.05) is 12.4 Å². The molecule has 15 heavy (non-hydrogen) atoms. The Labute approximate surface area is 91.3 Å².